The van der Waals surface area contributed by atoms with Gasteiger partial charge in [0, 0.05) is 63.3 Å². The number of amides is 2. The molecule has 10 heteroatoms. The minimum absolute atomic E-state index is 0.0543. The maximum atomic E-state index is 13.6. The molecule has 2 aromatic carbocycles. The van der Waals surface area contributed by atoms with Crippen LogP contribution in [-0.2, 0) is 6.42 Å². The third-order valence-corrected chi connectivity index (χ3v) is 6.29. The van der Waals surface area contributed by atoms with E-state index in [2.05, 4.69) is 56.0 Å². The van der Waals surface area contributed by atoms with Crippen molar-refractivity contribution in [2.45, 2.75) is 13.3 Å². The molecular weight excluding hydrogens is 446 g/mol. The summed E-state index contributed by atoms with van der Waals surface area (Å²) < 4.78 is 31.1. The first kappa shape index (κ1) is 23.1. The van der Waals surface area contributed by atoms with Crippen LogP contribution in [0.2, 0.25) is 0 Å². The Bertz CT molecular complexity index is 1080. The summed E-state index contributed by atoms with van der Waals surface area (Å²) in [5.74, 6) is -0.650. The molecule has 0 unspecified atom stereocenters. The summed E-state index contributed by atoms with van der Waals surface area (Å²) in [6.07, 6.45) is 0.728. The van der Waals surface area contributed by atoms with Gasteiger partial charge in [0.15, 0.2) is 0 Å². The fraction of sp³-hybridized carbons (Fsp3) is 0.348. The van der Waals surface area contributed by atoms with Crippen molar-refractivity contribution in [3.8, 4) is 0 Å². The fourth-order valence-electron chi connectivity index (χ4n) is 3.58. The Kier molecular flexibility index (Phi) is 7.46. The van der Waals surface area contributed by atoms with Gasteiger partial charge in [0.1, 0.15) is 17.5 Å². The molecule has 0 aliphatic carbocycles. The fourth-order valence-corrected chi connectivity index (χ4v) is 4.32. The molecule has 0 spiro atoms. The molecule has 1 fully saturated rings. The normalized spacial score (nSPS) is 14.3. The molecule has 0 bridgehead atoms. The van der Waals surface area contributed by atoms with Gasteiger partial charge in [-0.25, -0.2) is 18.6 Å². The molecular formula is C23H26F2N6OS. The quantitative estimate of drug-likeness (QED) is 0.549. The number of aryl methyl sites for hydroxylation is 1. The van der Waals surface area contributed by atoms with E-state index in [1.807, 2.05) is 0 Å². The zero-order valence-electron chi connectivity index (χ0n) is 18.4. The van der Waals surface area contributed by atoms with Crippen molar-refractivity contribution in [1.82, 2.24) is 19.6 Å². The molecule has 1 aromatic heterocycles. The van der Waals surface area contributed by atoms with Crippen LogP contribution < -0.4 is 15.5 Å². The molecule has 4 rings (SSSR count). The second kappa shape index (κ2) is 10.7. The molecule has 0 radical (unpaired) electrons. The lowest BCUT2D eigenvalue weighted by Gasteiger charge is -2.34. The van der Waals surface area contributed by atoms with Crippen LogP contribution in [0.1, 0.15) is 17.0 Å². The van der Waals surface area contributed by atoms with Crippen molar-refractivity contribution in [2.75, 3.05) is 49.5 Å². The van der Waals surface area contributed by atoms with Gasteiger partial charge in [0.25, 0.3) is 0 Å². The van der Waals surface area contributed by atoms with Crippen LogP contribution in [0.15, 0.2) is 42.5 Å². The first-order valence-electron chi connectivity index (χ1n) is 10.8. The Balaban J connectivity index is 1.17. The van der Waals surface area contributed by atoms with E-state index in [-0.39, 0.29) is 5.69 Å². The van der Waals surface area contributed by atoms with E-state index in [9.17, 15) is 13.6 Å². The van der Waals surface area contributed by atoms with Crippen LogP contribution in [0.5, 0.6) is 0 Å². The van der Waals surface area contributed by atoms with Gasteiger partial charge < -0.3 is 15.5 Å². The Morgan fingerprint density at radius 3 is 2.58 bits per heavy atom. The number of aromatic nitrogens is 2. The van der Waals surface area contributed by atoms with E-state index in [1.165, 1.54) is 28.7 Å². The van der Waals surface area contributed by atoms with Gasteiger partial charge in [0.2, 0.25) is 5.13 Å². The highest BCUT2D eigenvalue weighted by atomic mass is 32.1. The number of hydrogen-bond acceptors (Lipinski definition) is 6. The highest BCUT2D eigenvalue weighted by molar-refractivity contribution is 7.09. The summed E-state index contributed by atoms with van der Waals surface area (Å²) in [6.45, 7) is 6.56. The van der Waals surface area contributed by atoms with Gasteiger partial charge in [-0.05, 0) is 24.6 Å². The lowest BCUT2D eigenvalue weighted by atomic mass is 10.1. The average Bonchev–Trinajstić information content (AvgIpc) is 3.26. The van der Waals surface area contributed by atoms with Crippen molar-refractivity contribution in [3.05, 3.63) is 71.1 Å². The number of hydrogen-bond donors (Lipinski definition) is 2. The maximum Gasteiger partial charge on any atom is 0.319 e. The van der Waals surface area contributed by atoms with Gasteiger partial charge in [-0.15, -0.1) is 0 Å². The molecule has 1 saturated heterocycles. The SMILES string of the molecule is Cc1ccc(Cc2nsc(N3CCN(CCNC(=O)Nc4ccc(F)cc4F)CC3)n2)cc1. The van der Waals surface area contributed by atoms with Crippen molar-refractivity contribution in [3.63, 3.8) is 0 Å². The van der Waals surface area contributed by atoms with Crippen molar-refractivity contribution < 1.29 is 13.6 Å². The van der Waals surface area contributed by atoms with Crippen molar-refractivity contribution in [2.24, 2.45) is 0 Å². The number of nitrogens with one attached hydrogen (secondary N) is 2. The number of carbonyl (C=O) groups excluding carboxylic acids is 1. The minimum Gasteiger partial charge on any atom is -0.344 e. The topological polar surface area (TPSA) is 73.4 Å². The number of nitrogens with zero attached hydrogens (tertiary/aromatic N) is 4. The Labute approximate surface area is 195 Å². The lowest BCUT2D eigenvalue weighted by molar-refractivity contribution is 0.240. The summed E-state index contributed by atoms with van der Waals surface area (Å²) in [5, 5.41) is 6.04. The van der Waals surface area contributed by atoms with Crippen LogP contribution >= 0.6 is 11.5 Å². The third kappa shape index (κ3) is 6.45. The van der Waals surface area contributed by atoms with Gasteiger partial charge in [-0.3, -0.25) is 4.90 Å². The van der Waals surface area contributed by atoms with E-state index in [1.54, 1.807) is 0 Å². The standard InChI is InChI=1S/C23H26F2N6OS/c1-16-2-4-17(5-3-16)14-21-28-23(33-29-21)31-12-10-30(11-13-31)9-8-26-22(32)27-20-7-6-18(24)15-19(20)25/h2-7,15H,8-14H2,1H3,(H2,26,27,32). The Morgan fingerprint density at radius 2 is 1.85 bits per heavy atom. The van der Waals surface area contributed by atoms with Crippen LogP contribution in [0, 0.1) is 18.6 Å². The molecule has 0 atom stereocenters. The first-order chi connectivity index (χ1) is 16.0. The highest BCUT2D eigenvalue weighted by Gasteiger charge is 2.20. The van der Waals surface area contributed by atoms with E-state index >= 15 is 0 Å². The predicted octanol–water partition coefficient (Wildman–Crippen LogP) is 3.66. The lowest BCUT2D eigenvalue weighted by Crippen LogP contribution is -2.48. The molecule has 174 valence electrons. The van der Waals surface area contributed by atoms with Crippen LogP contribution in [0.25, 0.3) is 0 Å². The Morgan fingerprint density at radius 1 is 1.09 bits per heavy atom. The predicted molar refractivity (Wildman–Crippen MR) is 126 cm³/mol. The number of halogens is 2. The highest BCUT2D eigenvalue weighted by Crippen LogP contribution is 2.20. The number of benzene rings is 2. The van der Waals surface area contributed by atoms with E-state index in [0.717, 1.165) is 55.7 Å². The number of urea groups is 1. The summed E-state index contributed by atoms with van der Waals surface area (Å²) in [6, 6.07) is 10.9. The molecule has 3 aromatic rings. The van der Waals surface area contributed by atoms with Gasteiger partial charge >= 0.3 is 6.03 Å². The second-order valence-corrected chi connectivity index (χ2v) is 8.72. The average molecular weight is 473 g/mol. The van der Waals surface area contributed by atoms with Crippen molar-refractivity contribution in [1.29, 1.82) is 0 Å². The molecule has 2 amide bonds. The van der Waals surface area contributed by atoms with E-state index < -0.39 is 17.7 Å². The van der Waals surface area contributed by atoms with Gasteiger partial charge in [-0.1, -0.05) is 29.8 Å². The zero-order valence-corrected chi connectivity index (χ0v) is 19.2. The van der Waals surface area contributed by atoms with E-state index in [0.29, 0.717) is 13.1 Å². The summed E-state index contributed by atoms with van der Waals surface area (Å²) >= 11 is 1.43. The number of carbonyl (C=O) groups is 1. The monoisotopic (exact) mass is 472 g/mol. The van der Waals surface area contributed by atoms with Crippen molar-refractivity contribution >= 4 is 28.4 Å². The summed E-state index contributed by atoms with van der Waals surface area (Å²) in [4.78, 5) is 21.2. The van der Waals surface area contributed by atoms with Crippen LogP contribution in [0.3, 0.4) is 0 Å². The minimum atomic E-state index is -0.806. The van der Waals surface area contributed by atoms with Gasteiger partial charge in [0.05, 0.1) is 5.69 Å². The molecule has 0 saturated carbocycles. The molecule has 2 N–H and O–H groups in total. The zero-order chi connectivity index (χ0) is 23.2. The maximum absolute atomic E-state index is 13.6. The smallest absolute Gasteiger partial charge is 0.319 e. The molecule has 7 nitrogen and oxygen atoms in total. The number of piperazine rings is 1. The second-order valence-electron chi connectivity index (χ2n) is 7.99. The largest absolute Gasteiger partial charge is 0.344 e. The Hall–Kier alpha value is -3.11. The molecule has 1 aliphatic heterocycles. The van der Waals surface area contributed by atoms with E-state index in [4.69, 9.17) is 4.98 Å². The number of anilines is 2. The summed E-state index contributed by atoms with van der Waals surface area (Å²) in [5.41, 5.74) is 2.39. The van der Waals surface area contributed by atoms with Crippen LogP contribution in [0.4, 0.5) is 24.4 Å². The third-order valence-electron chi connectivity index (χ3n) is 5.48. The first-order valence-corrected chi connectivity index (χ1v) is 11.6. The molecule has 1 aliphatic rings. The summed E-state index contributed by atoms with van der Waals surface area (Å²) in [7, 11) is 0. The van der Waals surface area contributed by atoms with Gasteiger partial charge in [-0.2, -0.15) is 4.37 Å². The molecule has 2 heterocycles. The van der Waals surface area contributed by atoms with Crippen LogP contribution in [-0.4, -0.2) is 59.6 Å². The number of rotatable bonds is 7. The molecule has 33 heavy (non-hydrogen) atoms.